The van der Waals surface area contributed by atoms with Gasteiger partial charge in [0.15, 0.2) is 11.9 Å². The summed E-state index contributed by atoms with van der Waals surface area (Å²) >= 11 is 0. The number of carboxylic acids is 1. The molecule has 1 aliphatic heterocycles. The second-order valence-electron chi connectivity index (χ2n) is 21.3. The Balaban J connectivity index is 1.67. The van der Waals surface area contributed by atoms with Gasteiger partial charge in [-0.2, -0.15) is 0 Å². The van der Waals surface area contributed by atoms with Crippen LogP contribution in [0.5, 0.6) is 5.75 Å². The van der Waals surface area contributed by atoms with Gasteiger partial charge in [-0.1, -0.05) is 19.9 Å². The monoisotopic (exact) mass is 1400 g/mol. The molecule has 7 atom stereocenters. The number of carbonyl (C=O) groups is 6. The van der Waals surface area contributed by atoms with Crippen LogP contribution in [0.15, 0.2) is 18.2 Å². The summed E-state index contributed by atoms with van der Waals surface area (Å²) in [5, 5.41) is 48.8. The number of carbonyl (C=O) groups excluding carboxylic acids is 5. The van der Waals surface area contributed by atoms with E-state index < -0.39 is 78.1 Å². The molecule has 34 heteroatoms. The number of carboxylic acid groups (broad SMARTS) is 1. The third-order valence-electron chi connectivity index (χ3n) is 13.4. The Bertz CT molecular complexity index is 2160. The van der Waals surface area contributed by atoms with Gasteiger partial charge in [-0.15, -0.1) is 0 Å². The van der Waals surface area contributed by atoms with Crippen LogP contribution in [0.25, 0.3) is 0 Å². The van der Waals surface area contributed by atoms with E-state index in [1.807, 2.05) is 6.92 Å². The maximum absolute atomic E-state index is 13.8. The number of rotatable bonds is 68. The number of aliphatic hydroxyl groups excluding tert-OH is 3. The summed E-state index contributed by atoms with van der Waals surface area (Å²) in [6, 6.07) is 3.03. The molecular weight excluding hydrogens is 1290 g/mol. The van der Waals surface area contributed by atoms with Crippen LogP contribution in [0.4, 0.5) is 0 Å². The fourth-order valence-electron chi connectivity index (χ4n) is 8.28. The molecule has 34 nitrogen and oxygen atoms in total. The molecule has 3 amide bonds. The zero-order valence-corrected chi connectivity index (χ0v) is 56.7. The maximum atomic E-state index is 13.8. The van der Waals surface area contributed by atoms with Gasteiger partial charge in [-0.25, -0.2) is 10.7 Å². The lowest BCUT2D eigenvalue weighted by atomic mass is 9.96. The zero-order chi connectivity index (χ0) is 70.6. The average Bonchev–Trinajstić information content (AvgIpc) is 0.825. The van der Waals surface area contributed by atoms with E-state index >= 15 is 0 Å². The van der Waals surface area contributed by atoms with Crippen LogP contribution in [0.2, 0.25) is 0 Å². The molecule has 0 radical (unpaired) electrons. The van der Waals surface area contributed by atoms with Crippen molar-refractivity contribution < 1.29 is 144 Å². The lowest BCUT2D eigenvalue weighted by molar-refractivity contribution is -0.271. The molecule has 1 fully saturated rings. The maximum Gasteiger partial charge on any atom is 0.335 e. The number of unbranched alkanes of at least 4 members (excludes halogenated alkanes) is 1. The molecule has 0 aromatic heterocycles. The van der Waals surface area contributed by atoms with Gasteiger partial charge >= 0.3 is 11.9 Å². The minimum absolute atomic E-state index is 0.0298. The Morgan fingerprint density at radius 1 is 0.526 bits per heavy atom. The minimum atomic E-state index is -1.99. The van der Waals surface area contributed by atoms with E-state index in [0.29, 0.717) is 190 Å². The van der Waals surface area contributed by atoms with Crippen LogP contribution in [-0.4, -0.2) is 324 Å². The summed E-state index contributed by atoms with van der Waals surface area (Å²) in [4.78, 5) is 81.4. The van der Waals surface area contributed by atoms with Crippen molar-refractivity contribution in [1.29, 1.82) is 0 Å². The molecule has 2 rings (SSSR count). The number of esters is 1. The SMILES string of the molecule is CCCOCCOCCOCCOCCOCC(=O)N[C@@H](CCCCNC(=O)c1cc(COC(C)=O)ccc1O[C@@H]1O[C@H](C(=O)O)[C@@H](O)[C@H](O)[C@H]1O)C(=O)C[C@@H](C)C(=O)NCCOCCOCCOCCOCCOCCOCCOCCOCCOCCOCCOCCON. The second-order valence-corrected chi connectivity index (χ2v) is 21.3. The van der Waals surface area contributed by atoms with Crippen LogP contribution in [-0.2, 0) is 121 Å². The largest absolute Gasteiger partial charge is 0.479 e. The van der Waals surface area contributed by atoms with Crippen molar-refractivity contribution in [3.05, 3.63) is 29.3 Å². The predicted molar refractivity (Wildman–Crippen MR) is 340 cm³/mol. The Labute approximate surface area is 568 Å². The molecule has 0 spiro atoms. The fourth-order valence-corrected chi connectivity index (χ4v) is 8.28. The molecule has 0 saturated carbocycles. The molecule has 1 heterocycles. The Morgan fingerprint density at radius 3 is 1.37 bits per heavy atom. The van der Waals surface area contributed by atoms with Crippen LogP contribution in [0.3, 0.4) is 0 Å². The van der Waals surface area contributed by atoms with Gasteiger partial charge in [0.2, 0.25) is 18.1 Å². The number of ether oxygens (including phenoxy) is 19. The van der Waals surface area contributed by atoms with Gasteiger partial charge < -0.3 is 131 Å². The average molecular weight is 1400 g/mol. The van der Waals surface area contributed by atoms with Crippen LogP contribution in [0, 0.1) is 5.92 Å². The van der Waals surface area contributed by atoms with Gasteiger partial charge in [-0.05, 0) is 43.4 Å². The number of hydrogen-bond donors (Lipinski definition) is 8. The number of amides is 3. The van der Waals surface area contributed by atoms with Gasteiger partial charge in [-0.3, -0.25) is 24.0 Å². The van der Waals surface area contributed by atoms with Gasteiger partial charge in [0.25, 0.3) is 5.91 Å². The van der Waals surface area contributed by atoms with E-state index in [1.165, 1.54) is 25.1 Å². The molecule has 1 saturated heterocycles. The van der Waals surface area contributed by atoms with Gasteiger partial charge in [0, 0.05) is 39.0 Å². The normalized spacial score (nSPS) is 16.8. The van der Waals surface area contributed by atoms with Crippen LogP contribution >= 0.6 is 0 Å². The molecule has 0 bridgehead atoms. The highest BCUT2D eigenvalue weighted by Gasteiger charge is 2.48. The van der Waals surface area contributed by atoms with Crippen molar-refractivity contribution in [2.75, 3.05) is 231 Å². The highest BCUT2D eigenvalue weighted by Crippen LogP contribution is 2.28. The summed E-state index contributed by atoms with van der Waals surface area (Å²) in [7, 11) is 0. The zero-order valence-electron chi connectivity index (χ0n) is 56.7. The van der Waals surface area contributed by atoms with E-state index in [9.17, 15) is 49.2 Å². The van der Waals surface area contributed by atoms with Crippen molar-refractivity contribution in [3.63, 3.8) is 0 Å². The summed E-state index contributed by atoms with van der Waals surface area (Å²) in [5.74, 6) is -0.434. The first kappa shape index (κ1) is 88.2. The number of Topliss-reactive ketones (excluding diaryl/α,β-unsaturated/α-hetero) is 1. The summed E-state index contributed by atoms with van der Waals surface area (Å²) in [6.45, 7) is 17.1. The molecule has 1 aromatic carbocycles. The molecule has 1 aliphatic rings. The summed E-state index contributed by atoms with van der Waals surface area (Å²) < 4.78 is 104. The molecule has 0 unspecified atom stereocenters. The van der Waals surface area contributed by atoms with Crippen molar-refractivity contribution in [1.82, 2.24) is 16.0 Å². The first-order chi connectivity index (χ1) is 47.2. The van der Waals surface area contributed by atoms with Crippen molar-refractivity contribution in [2.24, 2.45) is 11.8 Å². The van der Waals surface area contributed by atoms with E-state index in [4.69, 9.17) is 95.9 Å². The van der Waals surface area contributed by atoms with E-state index in [0.717, 1.165) is 6.42 Å². The highest BCUT2D eigenvalue weighted by molar-refractivity contribution is 5.97. The smallest absolute Gasteiger partial charge is 0.335 e. The molecule has 562 valence electrons. The quantitative estimate of drug-likeness (QED) is 0.0213. The topological polar surface area (TPSA) is 430 Å². The molecule has 97 heavy (non-hydrogen) atoms. The summed E-state index contributed by atoms with van der Waals surface area (Å²) in [6.07, 6.45) is -8.28. The van der Waals surface area contributed by atoms with E-state index in [1.54, 1.807) is 6.92 Å². The first-order valence-electron chi connectivity index (χ1n) is 33.0. The highest BCUT2D eigenvalue weighted by atomic mass is 16.7. The standard InChI is InChI=1S/C63H110N4O30/c1-4-12-78-14-16-80-18-20-89-36-37-91-40-41-93-47-55(70)67-52(7-5-6-10-65-61(75)51-45-50(46-94-49(3)68)8-9-54(51)96-63-58(73)56(71)57(72)59(97-63)62(76)77)53(69)44-48(2)60(74)66-11-13-79-15-17-81-19-21-82-22-23-83-24-25-84-26-27-85-28-29-86-30-31-87-32-33-88-34-35-90-38-39-92-42-43-95-64/h8-9,45,48,52,56-59,63,71-73H,4-7,10-44,46-47,64H2,1-3H3,(H,65,75)(H,66,74)(H,67,70)(H,76,77)/t48-,52+,56+,57+,58-,59+,63-/m1/s1. The van der Waals surface area contributed by atoms with Crippen LogP contribution in [0.1, 0.15) is 68.8 Å². The Kier molecular flexibility index (Phi) is 55.6. The van der Waals surface area contributed by atoms with E-state index in [2.05, 4.69) is 20.8 Å². The van der Waals surface area contributed by atoms with E-state index in [-0.39, 0.29) is 89.9 Å². The number of nitrogens with two attached hydrogens (primary N) is 1. The molecular formula is C63H110N4O30. The third kappa shape index (κ3) is 47.0. The lowest BCUT2D eigenvalue weighted by Gasteiger charge is -2.38. The number of aliphatic hydroxyl groups is 3. The number of benzene rings is 1. The number of nitrogens with one attached hydrogen (secondary N) is 3. The van der Waals surface area contributed by atoms with Gasteiger partial charge in [0.05, 0.1) is 216 Å². The number of ketones is 1. The predicted octanol–water partition coefficient (Wildman–Crippen LogP) is -1.32. The number of aliphatic carboxylic acids is 1. The summed E-state index contributed by atoms with van der Waals surface area (Å²) in [5.41, 5.74) is 0.210. The van der Waals surface area contributed by atoms with Gasteiger partial charge in [0.1, 0.15) is 37.3 Å². The first-order valence-corrected chi connectivity index (χ1v) is 33.0. The van der Waals surface area contributed by atoms with Crippen molar-refractivity contribution >= 4 is 35.4 Å². The fraction of sp³-hybridized carbons (Fsp3) is 0.810. The van der Waals surface area contributed by atoms with Crippen molar-refractivity contribution in [2.45, 2.75) is 96.2 Å². The third-order valence-corrected chi connectivity index (χ3v) is 13.4. The Morgan fingerprint density at radius 2 is 0.948 bits per heavy atom. The second kappa shape index (κ2) is 61.1. The van der Waals surface area contributed by atoms with Crippen LogP contribution < -0.4 is 26.6 Å². The van der Waals surface area contributed by atoms with Crippen molar-refractivity contribution in [3.8, 4) is 5.75 Å². The minimum Gasteiger partial charge on any atom is -0.479 e. The molecule has 0 aliphatic carbocycles. The molecule has 1 aromatic rings. The number of hydrogen-bond acceptors (Lipinski definition) is 30. The Hall–Kier alpha value is -4.84. The molecule has 9 N–H and O–H groups in total. The lowest BCUT2D eigenvalue weighted by Crippen LogP contribution is -2.61.